The Bertz CT molecular complexity index is 337. The molecule has 1 fully saturated rings. The van der Waals surface area contributed by atoms with Crippen LogP contribution in [0.2, 0.25) is 0 Å². The summed E-state index contributed by atoms with van der Waals surface area (Å²) in [6.07, 6.45) is 1.48. The molecule has 100 valence electrons. The van der Waals surface area contributed by atoms with Gasteiger partial charge in [-0.2, -0.15) is 0 Å². The predicted octanol–water partition coefficient (Wildman–Crippen LogP) is 1.70. The van der Waals surface area contributed by atoms with Crippen molar-refractivity contribution in [3.63, 3.8) is 0 Å². The quantitative estimate of drug-likeness (QED) is 0.919. The molecule has 17 heavy (non-hydrogen) atoms. The van der Waals surface area contributed by atoms with E-state index in [4.69, 9.17) is 10.3 Å². The van der Waals surface area contributed by atoms with Gasteiger partial charge in [-0.15, -0.1) is 24.8 Å². The van der Waals surface area contributed by atoms with Crippen LogP contribution in [0, 0.1) is 6.92 Å². The monoisotopic (exact) mass is 285 g/mol. The van der Waals surface area contributed by atoms with Gasteiger partial charge in [-0.05, 0) is 13.3 Å². The van der Waals surface area contributed by atoms with Crippen LogP contribution in [0.25, 0.3) is 0 Å². The molecule has 0 aliphatic carbocycles. The standard InChI is InChI=1S/C10H16FN3O.2ClH/c1-7-8(4-13-15-7)5-14-6-9(11)2-10(14)3-12;;/h4,9-10H,2-3,5-6,12H2,1H3;2*1H/t9-,10-;;/m0../s1. The Kier molecular flexibility index (Phi) is 7.01. The van der Waals surface area contributed by atoms with Gasteiger partial charge in [0.25, 0.3) is 0 Å². The summed E-state index contributed by atoms with van der Waals surface area (Å²) in [4.78, 5) is 2.06. The third-order valence-electron chi connectivity index (χ3n) is 2.97. The molecular formula is C10H18Cl2FN3O. The van der Waals surface area contributed by atoms with E-state index in [-0.39, 0.29) is 30.9 Å². The molecule has 0 spiro atoms. The van der Waals surface area contributed by atoms with Crippen molar-refractivity contribution in [1.82, 2.24) is 10.1 Å². The van der Waals surface area contributed by atoms with Gasteiger partial charge in [-0.25, -0.2) is 4.39 Å². The molecule has 1 saturated heterocycles. The lowest BCUT2D eigenvalue weighted by atomic mass is 10.2. The molecule has 0 radical (unpaired) electrons. The normalized spacial score (nSPS) is 24.2. The van der Waals surface area contributed by atoms with Gasteiger partial charge in [-0.3, -0.25) is 4.90 Å². The van der Waals surface area contributed by atoms with Crippen molar-refractivity contribution >= 4 is 24.8 Å². The molecule has 0 amide bonds. The van der Waals surface area contributed by atoms with E-state index in [9.17, 15) is 4.39 Å². The van der Waals surface area contributed by atoms with Gasteiger partial charge in [0.15, 0.2) is 0 Å². The van der Waals surface area contributed by atoms with Gasteiger partial charge >= 0.3 is 0 Å². The largest absolute Gasteiger partial charge is 0.361 e. The lowest BCUT2D eigenvalue weighted by Crippen LogP contribution is -2.34. The molecule has 0 saturated carbocycles. The minimum atomic E-state index is -0.751. The van der Waals surface area contributed by atoms with Gasteiger partial charge in [0.1, 0.15) is 11.9 Å². The summed E-state index contributed by atoms with van der Waals surface area (Å²) in [6, 6.07) is 0.147. The van der Waals surface area contributed by atoms with E-state index in [1.807, 2.05) is 6.92 Å². The highest BCUT2D eigenvalue weighted by atomic mass is 35.5. The first kappa shape index (κ1) is 16.6. The predicted molar refractivity (Wildman–Crippen MR) is 68.5 cm³/mol. The zero-order valence-corrected chi connectivity index (χ0v) is 11.3. The van der Waals surface area contributed by atoms with Crippen LogP contribution in [-0.2, 0) is 6.54 Å². The first-order valence-electron chi connectivity index (χ1n) is 5.19. The van der Waals surface area contributed by atoms with Gasteiger partial charge in [-0.1, -0.05) is 5.16 Å². The van der Waals surface area contributed by atoms with Crippen LogP contribution in [0.5, 0.6) is 0 Å². The van der Waals surface area contributed by atoms with Crippen LogP contribution in [0.1, 0.15) is 17.7 Å². The van der Waals surface area contributed by atoms with Crippen molar-refractivity contribution in [3.05, 3.63) is 17.5 Å². The number of hydrogen-bond acceptors (Lipinski definition) is 4. The Balaban J connectivity index is 0.00000128. The first-order valence-corrected chi connectivity index (χ1v) is 5.19. The second-order valence-corrected chi connectivity index (χ2v) is 4.06. The van der Waals surface area contributed by atoms with Crippen molar-refractivity contribution in [2.75, 3.05) is 13.1 Å². The van der Waals surface area contributed by atoms with Crippen molar-refractivity contribution in [2.45, 2.75) is 32.1 Å². The van der Waals surface area contributed by atoms with Crippen molar-refractivity contribution < 1.29 is 8.91 Å². The summed E-state index contributed by atoms with van der Waals surface area (Å²) in [5.74, 6) is 0.799. The molecule has 0 bridgehead atoms. The second-order valence-electron chi connectivity index (χ2n) is 4.06. The molecule has 0 aromatic carbocycles. The van der Waals surface area contributed by atoms with E-state index in [0.29, 0.717) is 26.1 Å². The number of aryl methyl sites for hydroxylation is 1. The Morgan fingerprint density at radius 3 is 2.82 bits per heavy atom. The number of rotatable bonds is 3. The Morgan fingerprint density at radius 1 is 1.59 bits per heavy atom. The van der Waals surface area contributed by atoms with E-state index in [1.165, 1.54) is 0 Å². The molecule has 2 rings (SSSR count). The van der Waals surface area contributed by atoms with Crippen molar-refractivity contribution in [1.29, 1.82) is 0 Å². The maximum atomic E-state index is 13.2. The average Bonchev–Trinajstić information content (AvgIpc) is 2.75. The average molecular weight is 286 g/mol. The number of nitrogens with zero attached hydrogens (tertiary/aromatic N) is 2. The summed E-state index contributed by atoms with van der Waals surface area (Å²) >= 11 is 0. The van der Waals surface area contributed by atoms with Gasteiger partial charge < -0.3 is 10.3 Å². The van der Waals surface area contributed by atoms with Crippen LogP contribution in [0.4, 0.5) is 4.39 Å². The zero-order chi connectivity index (χ0) is 10.8. The van der Waals surface area contributed by atoms with Crippen LogP contribution >= 0.6 is 24.8 Å². The van der Waals surface area contributed by atoms with E-state index in [0.717, 1.165) is 11.3 Å². The number of aromatic nitrogens is 1. The smallest absolute Gasteiger partial charge is 0.138 e. The molecule has 1 aromatic rings. The van der Waals surface area contributed by atoms with Crippen molar-refractivity contribution in [2.24, 2.45) is 5.73 Å². The summed E-state index contributed by atoms with van der Waals surface area (Å²) in [5.41, 5.74) is 6.62. The highest BCUT2D eigenvalue weighted by Crippen LogP contribution is 2.22. The number of nitrogens with two attached hydrogens (primary N) is 1. The molecule has 2 atom stereocenters. The fraction of sp³-hybridized carbons (Fsp3) is 0.700. The van der Waals surface area contributed by atoms with Crippen LogP contribution < -0.4 is 5.73 Å². The first-order chi connectivity index (χ1) is 7.20. The van der Waals surface area contributed by atoms with Gasteiger partial charge in [0.05, 0.1) is 6.20 Å². The Hall–Kier alpha value is -0.360. The number of hydrogen-bond donors (Lipinski definition) is 1. The van der Waals surface area contributed by atoms with E-state index in [1.54, 1.807) is 6.20 Å². The SMILES string of the molecule is Cc1oncc1CN1C[C@@H](F)C[C@H]1CN.Cl.Cl. The molecule has 2 N–H and O–H groups in total. The highest BCUT2D eigenvalue weighted by molar-refractivity contribution is 5.85. The Morgan fingerprint density at radius 2 is 2.29 bits per heavy atom. The van der Waals surface area contributed by atoms with E-state index >= 15 is 0 Å². The van der Waals surface area contributed by atoms with Crippen LogP contribution in [-0.4, -0.2) is 35.4 Å². The minimum Gasteiger partial charge on any atom is -0.361 e. The summed E-state index contributed by atoms with van der Waals surface area (Å²) < 4.78 is 18.2. The molecule has 4 nitrogen and oxygen atoms in total. The topological polar surface area (TPSA) is 55.3 Å². The molecule has 7 heteroatoms. The summed E-state index contributed by atoms with van der Waals surface area (Å²) in [5, 5.41) is 3.71. The van der Waals surface area contributed by atoms with Gasteiger partial charge in [0, 0.05) is 31.2 Å². The maximum absolute atomic E-state index is 13.2. The third-order valence-corrected chi connectivity index (χ3v) is 2.97. The lowest BCUT2D eigenvalue weighted by Gasteiger charge is -2.21. The number of alkyl halides is 1. The fourth-order valence-electron chi connectivity index (χ4n) is 2.05. The molecule has 1 aliphatic heterocycles. The fourth-order valence-corrected chi connectivity index (χ4v) is 2.05. The maximum Gasteiger partial charge on any atom is 0.138 e. The van der Waals surface area contributed by atoms with Crippen molar-refractivity contribution in [3.8, 4) is 0 Å². The van der Waals surface area contributed by atoms with Crippen LogP contribution in [0.15, 0.2) is 10.7 Å². The van der Waals surface area contributed by atoms with Gasteiger partial charge in [0.2, 0.25) is 0 Å². The number of likely N-dealkylation sites (tertiary alicyclic amines) is 1. The second kappa shape index (κ2) is 7.16. The molecule has 0 unspecified atom stereocenters. The molecule has 2 heterocycles. The minimum absolute atomic E-state index is 0. The van der Waals surface area contributed by atoms with Crippen LogP contribution in [0.3, 0.4) is 0 Å². The molecule has 1 aromatic heterocycles. The molecular weight excluding hydrogens is 268 g/mol. The zero-order valence-electron chi connectivity index (χ0n) is 9.63. The third kappa shape index (κ3) is 3.81. The number of halogens is 3. The van der Waals surface area contributed by atoms with E-state index in [2.05, 4.69) is 10.1 Å². The highest BCUT2D eigenvalue weighted by Gasteiger charge is 2.31. The molecule has 1 aliphatic rings. The summed E-state index contributed by atoms with van der Waals surface area (Å²) in [6.45, 7) is 3.51. The lowest BCUT2D eigenvalue weighted by molar-refractivity contribution is 0.237. The Labute approximate surface area is 113 Å². The summed E-state index contributed by atoms with van der Waals surface area (Å²) in [7, 11) is 0. The van der Waals surface area contributed by atoms with E-state index < -0.39 is 6.17 Å².